The number of rotatable bonds is 5. The van der Waals surface area contributed by atoms with Crippen molar-refractivity contribution in [3.05, 3.63) is 18.7 Å². The number of guanidine groups is 1. The van der Waals surface area contributed by atoms with Crippen LogP contribution in [0.4, 0.5) is 0 Å². The Bertz CT molecular complexity index is 401. The van der Waals surface area contributed by atoms with E-state index in [1.54, 1.807) is 13.2 Å². The molecule has 0 bridgehead atoms. The molecule has 0 amide bonds. The maximum atomic E-state index is 5.74. The average Bonchev–Trinajstić information content (AvgIpc) is 3.06. The molecule has 1 aliphatic rings. The lowest BCUT2D eigenvalue weighted by Crippen LogP contribution is -2.46. The maximum Gasteiger partial charge on any atom is 0.191 e. The van der Waals surface area contributed by atoms with Crippen LogP contribution < -0.4 is 10.6 Å². The van der Waals surface area contributed by atoms with E-state index in [4.69, 9.17) is 4.74 Å². The second-order valence-corrected chi connectivity index (χ2v) is 5.05. The molecular formula is C13H24IN5O. The summed E-state index contributed by atoms with van der Waals surface area (Å²) in [6.45, 7) is 5.48. The van der Waals surface area contributed by atoms with Crippen molar-refractivity contribution in [3.8, 4) is 0 Å². The van der Waals surface area contributed by atoms with E-state index < -0.39 is 0 Å². The highest BCUT2D eigenvalue weighted by molar-refractivity contribution is 14.0. The van der Waals surface area contributed by atoms with Crippen molar-refractivity contribution >= 4 is 29.9 Å². The number of hydrogen-bond acceptors (Lipinski definition) is 3. The predicted octanol–water partition coefficient (Wildman–Crippen LogP) is 1.24. The van der Waals surface area contributed by atoms with Crippen LogP contribution in [-0.4, -0.2) is 47.9 Å². The number of aromatic nitrogens is 2. The summed E-state index contributed by atoms with van der Waals surface area (Å²) in [5.41, 5.74) is -0.0536. The van der Waals surface area contributed by atoms with Crippen LogP contribution >= 0.6 is 24.0 Å². The van der Waals surface area contributed by atoms with Crippen molar-refractivity contribution < 1.29 is 4.74 Å². The van der Waals surface area contributed by atoms with Gasteiger partial charge in [0, 0.05) is 45.7 Å². The fourth-order valence-electron chi connectivity index (χ4n) is 2.19. The highest BCUT2D eigenvalue weighted by Crippen LogP contribution is 2.23. The molecule has 1 fully saturated rings. The number of aliphatic imine (C=N–C) groups is 1. The zero-order chi connectivity index (χ0) is 13.6. The van der Waals surface area contributed by atoms with E-state index in [1.165, 1.54) is 0 Å². The van der Waals surface area contributed by atoms with Crippen LogP contribution in [0.3, 0.4) is 0 Å². The third-order valence-corrected chi connectivity index (χ3v) is 3.38. The Labute approximate surface area is 137 Å². The van der Waals surface area contributed by atoms with Crippen LogP contribution in [-0.2, 0) is 11.3 Å². The van der Waals surface area contributed by atoms with Gasteiger partial charge in [-0.3, -0.25) is 4.99 Å². The second-order valence-electron chi connectivity index (χ2n) is 5.05. The molecule has 1 saturated heterocycles. The number of hydrogen-bond donors (Lipinski definition) is 2. The molecule has 1 atom stereocenters. The fraction of sp³-hybridized carbons (Fsp3) is 0.692. The summed E-state index contributed by atoms with van der Waals surface area (Å²) in [5.74, 6) is 0.817. The van der Waals surface area contributed by atoms with E-state index in [9.17, 15) is 0 Å². The third-order valence-electron chi connectivity index (χ3n) is 3.38. The Kier molecular flexibility index (Phi) is 7.28. The Morgan fingerprint density at radius 1 is 1.50 bits per heavy atom. The first-order chi connectivity index (χ1) is 9.22. The van der Waals surface area contributed by atoms with Gasteiger partial charge in [0.2, 0.25) is 0 Å². The summed E-state index contributed by atoms with van der Waals surface area (Å²) in [6, 6.07) is 0. The van der Waals surface area contributed by atoms with Gasteiger partial charge in [-0.1, -0.05) is 0 Å². The van der Waals surface area contributed by atoms with Gasteiger partial charge < -0.3 is 19.9 Å². The zero-order valence-electron chi connectivity index (χ0n) is 12.1. The lowest BCUT2D eigenvalue weighted by Gasteiger charge is -2.24. The lowest BCUT2D eigenvalue weighted by molar-refractivity contribution is 0.0243. The van der Waals surface area contributed by atoms with Gasteiger partial charge in [0.25, 0.3) is 0 Å². The predicted molar refractivity (Wildman–Crippen MR) is 90.6 cm³/mol. The highest BCUT2D eigenvalue weighted by Gasteiger charge is 2.29. The smallest absolute Gasteiger partial charge is 0.191 e. The van der Waals surface area contributed by atoms with Crippen LogP contribution in [0, 0.1) is 0 Å². The van der Waals surface area contributed by atoms with Crippen molar-refractivity contribution in [3.63, 3.8) is 0 Å². The molecule has 114 valence electrons. The minimum atomic E-state index is -0.0536. The SMILES string of the molecule is CN=C(NCCn1ccnc1)NCC1(C)CCCO1.I. The second kappa shape index (κ2) is 8.46. The van der Waals surface area contributed by atoms with Gasteiger partial charge >= 0.3 is 0 Å². The van der Waals surface area contributed by atoms with E-state index in [0.717, 1.165) is 45.0 Å². The Hall–Kier alpha value is -0.830. The first kappa shape index (κ1) is 17.2. The summed E-state index contributed by atoms with van der Waals surface area (Å²) in [6.07, 6.45) is 7.79. The first-order valence-corrected chi connectivity index (χ1v) is 6.76. The van der Waals surface area contributed by atoms with Gasteiger partial charge in [-0.05, 0) is 19.8 Å². The monoisotopic (exact) mass is 393 g/mol. The topological polar surface area (TPSA) is 63.5 Å². The first-order valence-electron chi connectivity index (χ1n) is 6.76. The molecule has 0 aromatic carbocycles. The van der Waals surface area contributed by atoms with E-state index in [-0.39, 0.29) is 29.6 Å². The van der Waals surface area contributed by atoms with Crippen molar-refractivity contribution in [2.75, 3.05) is 26.7 Å². The molecule has 0 spiro atoms. The van der Waals surface area contributed by atoms with Crippen LogP contribution in [0.1, 0.15) is 19.8 Å². The molecule has 2 N–H and O–H groups in total. The molecule has 1 aliphatic heterocycles. The summed E-state index contributed by atoms with van der Waals surface area (Å²) >= 11 is 0. The van der Waals surface area contributed by atoms with Crippen LogP contribution in [0.25, 0.3) is 0 Å². The van der Waals surface area contributed by atoms with Crippen molar-refractivity contribution in [1.82, 2.24) is 20.2 Å². The van der Waals surface area contributed by atoms with E-state index in [0.29, 0.717) is 0 Å². The molecule has 0 radical (unpaired) electrons. The Balaban J connectivity index is 0.00000200. The van der Waals surface area contributed by atoms with E-state index in [2.05, 4.69) is 27.5 Å². The third kappa shape index (κ3) is 5.28. The Morgan fingerprint density at radius 3 is 2.95 bits per heavy atom. The van der Waals surface area contributed by atoms with E-state index in [1.807, 2.05) is 17.1 Å². The van der Waals surface area contributed by atoms with Gasteiger partial charge in [-0.15, -0.1) is 24.0 Å². The number of nitrogens with zero attached hydrogens (tertiary/aromatic N) is 3. The standard InChI is InChI=1S/C13H23N5O.HI/c1-13(4-3-9-19-13)10-17-12(14-2)16-6-8-18-7-5-15-11-18;/h5,7,11H,3-4,6,8-10H2,1-2H3,(H2,14,16,17);1H. The molecule has 1 aromatic rings. The maximum absolute atomic E-state index is 5.74. The van der Waals surface area contributed by atoms with Crippen LogP contribution in [0.2, 0.25) is 0 Å². The lowest BCUT2D eigenvalue weighted by atomic mass is 10.0. The van der Waals surface area contributed by atoms with Gasteiger partial charge in [-0.25, -0.2) is 4.98 Å². The van der Waals surface area contributed by atoms with Crippen molar-refractivity contribution in [2.45, 2.75) is 31.9 Å². The summed E-state index contributed by atoms with van der Waals surface area (Å²) in [4.78, 5) is 8.22. The van der Waals surface area contributed by atoms with Crippen molar-refractivity contribution in [2.24, 2.45) is 4.99 Å². The van der Waals surface area contributed by atoms with Gasteiger partial charge in [0.05, 0.1) is 11.9 Å². The minimum absolute atomic E-state index is 0. The molecule has 0 saturated carbocycles. The molecule has 2 heterocycles. The summed E-state index contributed by atoms with van der Waals surface area (Å²) in [7, 11) is 1.78. The molecule has 0 aliphatic carbocycles. The molecule has 1 unspecified atom stereocenters. The molecule has 20 heavy (non-hydrogen) atoms. The van der Waals surface area contributed by atoms with Crippen LogP contribution in [0.15, 0.2) is 23.7 Å². The van der Waals surface area contributed by atoms with Crippen LogP contribution in [0.5, 0.6) is 0 Å². The summed E-state index contributed by atoms with van der Waals surface area (Å²) in [5, 5.41) is 6.60. The van der Waals surface area contributed by atoms with Crippen molar-refractivity contribution in [1.29, 1.82) is 0 Å². The quantitative estimate of drug-likeness (QED) is 0.449. The highest BCUT2D eigenvalue weighted by atomic mass is 127. The van der Waals surface area contributed by atoms with Gasteiger partial charge in [-0.2, -0.15) is 0 Å². The molecular weight excluding hydrogens is 369 g/mol. The number of nitrogens with one attached hydrogen (secondary N) is 2. The average molecular weight is 393 g/mol. The fourth-order valence-corrected chi connectivity index (χ4v) is 2.19. The number of halogens is 1. The number of ether oxygens (including phenoxy) is 1. The largest absolute Gasteiger partial charge is 0.373 e. The molecule has 7 heteroatoms. The van der Waals surface area contributed by atoms with E-state index >= 15 is 0 Å². The summed E-state index contributed by atoms with van der Waals surface area (Å²) < 4.78 is 7.77. The Morgan fingerprint density at radius 2 is 2.35 bits per heavy atom. The zero-order valence-corrected chi connectivity index (χ0v) is 14.5. The number of imidazole rings is 1. The molecule has 6 nitrogen and oxygen atoms in total. The van der Waals surface area contributed by atoms with Gasteiger partial charge in [0.1, 0.15) is 0 Å². The molecule has 1 aromatic heterocycles. The van der Waals surface area contributed by atoms with Gasteiger partial charge in [0.15, 0.2) is 5.96 Å². The normalized spacial score (nSPS) is 22.4. The minimum Gasteiger partial charge on any atom is -0.373 e. The molecule has 2 rings (SSSR count).